The van der Waals surface area contributed by atoms with Crippen molar-refractivity contribution in [3.8, 4) is 0 Å². The summed E-state index contributed by atoms with van der Waals surface area (Å²) in [5.41, 5.74) is 0. The minimum Gasteiger partial charge on any atom is -0.467 e. The van der Waals surface area contributed by atoms with Crippen molar-refractivity contribution >= 4 is 0 Å². The highest BCUT2D eigenvalue weighted by atomic mass is 16.5. The molecule has 1 rings (SSSR count). The van der Waals surface area contributed by atoms with E-state index in [9.17, 15) is 0 Å². The summed E-state index contributed by atoms with van der Waals surface area (Å²) in [5.74, 6) is 2.41. The van der Waals surface area contributed by atoms with Crippen LogP contribution < -0.4 is 5.32 Å². The molecule has 0 atom stereocenters. The largest absolute Gasteiger partial charge is 0.467 e. The molecule has 0 bridgehead atoms. The number of hydrogen-bond donors (Lipinski definition) is 1. The van der Waals surface area contributed by atoms with E-state index in [1.54, 1.807) is 0 Å². The Hall–Kier alpha value is -0.760. The van der Waals surface area contributed by atoms with Crippen LogP contribution in [0.25, 0.3) is 0 Å². The van der Waals surface area contributed by atoms with Gasteiger partial charge < -0.3 is 10.1 Å². The molecule has 2 heteroatoms. The summed E-state index contributed by atoms with van der Waals surface area (Å²) in [6.45, 7) is 10.1. The van der Waals surface area contributed by atoms with Gasteiger partial charge in [0.15, 0.2) is 0 Å². The standard InChI is InChI=1S/C11H19NO/c1-4-9(2)13-10(3)11-5-7-12-8-6-11/h4,11-12H,3,5-8H2,1-2H3/b9-4-. The molecule has 74 valence electrons. The van der Waals surface area contributed by atoms with Gasteiger partial charge in [0.25, 0.3) is 0 Å². The highest BCUT2D eigenvalue weighted by molar-refractivity contribution is 4.99. The van der Waals surface area contributed by atoms with Crippen molar-refractivity contribution in [3.05, 3.63) is 24.2 Å². The third-order valence-electron chi connectivity index (χ3n) is 2.49. The highest BCUT2D eigenvalue weighted by Gasteiger charge is 2.17. The molecule has 1 aliphatic heterocycles. The Kier molecular flexibility index (Phi) is 4.03. The van der Waals surface area contributed by atoms with E-state index in [0.29, 0.717) is 5.92 Å². The van der Waals surface area contributed by atoms with E-state index in [0.717, 1.165) is 37.4 Å². The summed E-state index contributed by atoms with van der Waals surface area (Å²) >= 11 is 0. The van der Waals surface area contributed by atoms with Crippen LogP contribution in [0, 0.1) is 5.92 Å². The van der Waals surface area contributed by atoms with E-state index in [1.807, 2.05) is 19.9 Å². The molecule has 0 aliphatic carbocycles. The van der Waals surface area contributed by atoms with E-state index in [-0.39, 0.29) is 0 Å². The van der Waals surface area contributed by atoms with Crippen molar-refractivity contribution in [2.24, 2.45) is 5.92 Å². The lowest BCUT2D eigenvalue weighted by atomic mass is 9.97. The van der Waals surface area contributed by atoms with E-state index >= 15 is 0 Å². The van der Waals surface area contributed by atoms with Gasteiger partial charge in [-0.2, -0.15) is 0 Å². The Morgan fingerprint density at radius 1 is 1.46 bits per heavy atom. The number of hydrogen-bond acceptors (Lipinski definition) is 2. The van der Waals surface area contributed by atoms with Gasteiger partial charge >= 0.3 is 0 Å². The zero-order valence-corrected chi connectivity index (χ0v) is 8.60. The minimum absolute atomic E-state index is 0.538. The summed E-state index contributed by atoms with van der Waals surface area (Å²) in [6, 6.07) is 0. The predicted octanol–water partition coefficient (Wildman–Crippen LogP) is 2.44. The predicted molar refractivity (Wildman–Crippen MR) is 55.2 cm³/mol. The lowest BCUT2D eigenvalue weighted by Gasteiger charge is -2.24. The number of rotatable bonds is 3. The molecule has 0 radical (unpaired) electrons. The molecule has 0 saturated carbocycles. The molecule has 0 aromatic carbocycles. The maximum absolute atomic E-state index is 5.58. The second-order valence-corrected chi connectivity index (χ2v) is 3.49. The van der Waals surface area contributed by atoms with Gasteiger partial charge in [0.2, 0.25) is 0 Å². The summed E-state index contributed by atoms with van der Waals surface area (Å²) in [6.07, 6.45) is 4.26. The molecule has 1 fully saturated rings. The fourth-order valence-electron chi connectivity index (χ4n) is 1.49. The van der Waals surface area contributed by atoms with Crippen LogP contribution in [0.15, 0.2) is 24.2 Å². The van der Waals surface area contributed by atoms with E-state index < -0.39 is 0 Å². The molecule has 1 saturated heterocycles. The van der Waals surface area contributed by atoms with Crippen LogP contribution in [-0.2, 0) is 4.74 Å². The fourth-order valence-corrected chi connectivity index (χ4v) is 1.49. The molecule has 0 aromatic rings. The van der Waals surface area contributed by atoms with Gasteiger partial charge in [0.1, 0.15) is 0 Å². The van der Waals surface area contributed by atoms with Crippen LogP contribution in [0.2, 0.25) is 0 Å². The van der Waals surface area contributed by atoms with E-state index in [2.05, 4.69) is 11.9 Å². The Morgan fingerprint density at radius 2 is 2.08 bits per heavy atom. The van der Waals surface area contributed by atoms with Crippen LogP contribution >= 0.6 is 0 Å². The first-order valence-corrected chi connectivity index (χ1v) is 4.94. The van der Waals surface area contributed by atoms with Crippen molar-refractivity contribution in [2.45, 2.75) is 26.7 Å². The van der Waals surface area contributed by atoms with Gasteiger partial charge in [0.05, 0.1) is 11.5 Å². The van der Waals surface area contributed by atoms with Gasteiger partial charge in [-0.1, -0.05) is 6.58 Å². The fraction of sp³-hybridized carbons (Fsp3) is 0.636. The van der Waals surface area contributed by atoms with Gasteiger partial charge in [0, 0.05) is 5.92 Å². The molecule has 1 heterocycles. The Morgan fingerprint density at radius 3 is 2.62 bits per heavy atom. The molecular weight excluding hydrogens is 162 g/mol. The summed E-state index contributed by atoms with van der Waals surface area (Å²) in [7, 11) is 0. The molecule has 0 spiro atoms. The van der Waals surface area contributed by atoms with Crippen LogP contribution in [0.1, 0.15) is 26.7 Å². The second-order valence-electron chi connectivity index (χ2n) is 3.49. The van der Waals surface area contributed by atoms with Crippen LogP contribution in [0.3, 0.4) is 0 Å². The Labute approximate surface area is 80.7 Å². The SMILES string of the molecule is C=C(O/C(C)=C\C)C1CCNCC1. The van der Waals surface area contributed by atoms with Crippen LogP contribution in [-0.4, -0.2) is 13.1 Å². The average molecular weight is 181 g/mol. The van der Waals surface area contributed by atoms with Crippen molar-refractivity contribution in [1.82, 2.24) is 5.32 Å². The quantitative estimate of drug-likeness (QED) is 0.675. The van der Waals surface area contributed by atoms with Gasteiger partial charge in [-0.05, 0) is 45.9 Å². The monoisotopic (exact) mass is 181 g/mol. The first-order valence-electron chi connectivity index (χ1n) is 4.94. The number of nitrogens with one attached hydrogen (secondary N) is 1. The van der Waals surface area contributed by atoms with Gasteiger partial charge in [-0.15, -0.1) is 0 Å². The molecule has 0 unspecified atom stereocenters. The lowest BCUT2D eigenvalue weighted by Crippen LogP contribution is -2.28. The molecule has 1 aliphatic rings. The summed E-state index contributed by atoms with van der Waals surface area (Å²) in [5, 5.41) is 3.33. The molecule has 13 heavy (non-hydrogen) atoms. The van der Waals surface area contributed by atoms with Crippen molar-refractivity contribution in [3.63, 3.8) is 0 Å². The molecular formula is C11H19NO. The first-order chi connectivity index (χ1) is 6.24. The molecule has 0 amide bonds. The van der Waals surface area contributed by atoms with Crippen molar-refractivity contribution in [1.29, 1.82) is 0 Å². The smallest absolute Gasteiger partial charge is 0.0996 e. The van der Waals surface area contributed by atoms with Crippen LogP contribution in [0.5, 0.6) is 0 Å². The lowest BCUT2D eigenvalue weighted by molar-refractivity contribution is 0.231. The zero-order valence-electron chi connectivity index (χ0n) is 8.60. The first kappa shape index (κ1) is 10.3. The summed E-state index contributed by atoms with van der Waals surface area (Å²) < 4.78 is 5.58. The van der Waals surface area contributed by atoms with E-state index in [1.165, 1.54) is 0 Å². The maximum Gasteiger partial charge on any atom is 0.0996 e. The topological polar surface area (TPSA) is 21.3 Å². The number of allylic oxidation sites excluding steroid dienone is 3. The third-order valence-corrected chi connectivity index (χ3v) is 2.49. The van der Waals surface area contributed by atoms with Gasteiger partial charge in [-0.3, -0.25) is 0 Å². The van der Waals surface area contributed by atoms with Crippen LogP contribution in [0.4, 0.5) is 0 Å². The third kappa shape index (κ3) is 3.23. The van der Waals surface area contributed by atoms with E-state index in [4.69, 9.17) is 4.74 Å². The zero-order chi connectivity index (χ0) is 9.68. The molecule has 1 N–H and O–H groups in total. The van der Waals surface area contributed by atoms with Crippen molar-refractivity contribution < 1.29 is 4.74 Å². The maximum atomic E-state index is 5.58. The average Bonchev–Trinajstić information content (AvgIpc) is 2.19. The van der Waals surface area contributed by atoms with Crippen molar-refractivity contribution in [2.75, 3.05) is 13.1 Å². The summed E-state index contributed by atoms with van der Waals surface area (Å²) in [4.78, 5) is 0. The number of ether oxygens (including phenoxy) is 1. The normalized spacial score (nSPS) is 20.0. The Bertz CT molecular complexity index is 202. The Balaban J connectivity index is 2.37. The molecule has 0 aromatic heterocycles. The second kappa shape index (κ2) is 5.07. The molecule has 2 nitrogen and oxygen atoms in total. The number of piperidine rings is 1. The highest BCUT2D eigenvalue weighted by Crippen LogP contribution is 2.22. The van der Waals surface area contributed by atoms with Gasteiger partial charge in [-0.25, -0.2) is 0 Å². The minimum atomic E-state index is 0.538.